The van der Waals surface area contributed by atoms with Crippen molar-refractivity contribution in [2.45, 2.75) is 50.3 Å². The van der Waals surface area contributed by atoms with Crippen LogP contribution in [0.3, 0.4) is 0 Å². The zero-order chi connectivity index (χ0) is 15.2. The number of thiazole rings is 1. The van der Waals surface area contributed by atoms with Gasteiger partial charge >= 0.3 is 6.03 Å². The molecule has 0 aliphatic heterocycles. The molecule has 2 amide bonds. The normalized spacial score (nSPS) is 23.0. The van der Waals surface area contributed by atoms with Gasteiger partial charge < -0.3 is 10.2 Å². The predicted molar refractivity (Wildman–Crippen MR) is 91.2 cm³/mol. The third-order valence-electron chi connectivity index (χ3n) is 3.88. The van der Waals surface area contributed by atoms with E-state index >= 15 is 0 Å². The second-order valence-corrected chi connectivity index (χ2v) is 8.19. The standard InChI is InChI=1S/C15H25N3OS2/c1-4-20-13-6-5-12(9-13)17-15(19)18(3)10-11(2)14-16-7-8-21-14/h7-8,11-13H,4-6,9-10H2,1-3H3,(H,17,19)/t11-,12-,13+/m0/s1. The van der Waals surface area contributed by atoms with Gasteiger partial charge in [-0.1, -0.05) is 13.8 Å². The van der Waals surface area contributed by atoms with Gasteiger partial charge in [0.05, 0.1) is 5.01 Å². The molecule has 1 N–H and O–H groups in total. The van der Waals surface area contributed by atoms with Crippen molar-refractivity contribution in [3.8, 4) is 0 Å². The van der Waals surface area contributed by atoms with Gasteiger partial charge in [0.1, 0.15) is 0 Å². The Kier molecular flexibility index (Phi) is 6.36. The topological polar surface area (TPSA) is 45.2 Å². The highest BCUT2D eigenvalue weighted by molar-refractivity contribution is 7.99. The average molecular weight is 328 g/mol. The van der Waals surface area contributed by atoms with E-state index < -0.39 is 0 Å². The van der Waals surface area contributed by atoms with Crippen LogP contribution in [0.4, 0.5) is 4.79 Å². The van der Waals surface area contributed by atoms with Crippen molar-refractivity contribution in [1.29, 1.82) is 0 Å². The molecule has 2 rings (SSSR count). The lowest BCUT2D eigenvalue weighted by molar-refractivity contribution is 0.202. The molecule has 21 heavy (non-hydrogen) atoms. The first-order valence-corrected chi connectivity index (χ1v) is 9.55. The van der Waals surface area contributed by atoms with Crippen LogP contribution >= 0.6 is 23.1 Å². The van der Waals surface area contributed by atoms with Crippen LogP contribution in [0.5, 0.6) is 0 Å². The van der Waals surface area contributed by atoms with Crippen LogP contribution in [-0.4, -0.2) is 46.6 Å². The summed E-state index contributed by atoms with van der Waals surface area (Å²) in [4.78, 5) is 18.4. The fraction of sp³-hybridized carbons (Fsp3) is 0.733. The number of carbonyl (C=O) groups excluding carboxylic acids is 1. The molecule has 0 saturated heterocycles. The molecule has 1 aromatic rings. The summed E-state index contributed by atoms with van der Waals surface area (Å²) in [6, 6.07) is 0.393. The molecule has 1 aromatic heterocycles. The van der Waals surface area contributed by atoms with Gasteiger partial charge in [0, 0.05) is 42.4 Å². The summed E-state index contributed by atoms with van der Waals surface area (Å²) in [5.74, 6) is 1.45. The summed E-state index contributed by atoms with van der Waals surface area (Å²) in [6.07, 6.45) is 5.27. The highest BCUT2D eigenvalue weighted by Crippen LogP contribution is 2.29. The number of rotatable bonds is 6. The number of hydrogen-bond donors (Lipinski definition) is 1. The second-order valence-electron chi connectivity index (χ2n) is 5.69. The maximum Gasteiger partial charge on any atom is 0.317 e. The SMILES string of the molecule is CCS[C@@H]1CC[C@H](NC(=O)N(C)C[C@H](C)c2nccs2)C1. The molecule has 0 aromatic carbocycles. The van der Waals surface area contributed by atoms with Crippen LogP contribution in [0.15, 0.2) is 11.6 Å². The predicted octanol–water partition coefficient (Wildman–Crippen LogP) is 3.56. The molecule has 0 radical (unpaired) electrons. The lowest BCUT2D eigenvalue weighted by Crippen LogP contribution is -2.43. The first-order chi connectivity index (χ1) is 10.1. The molecule has 3 atom stereocenters. The third-order valence-corrected chi connectivity index (χ3v) is 6.12. The van der Waals surface area contributed by atoms with Crippen molar-refractivity contribution in [2.24, 2.45) is 0 Å². The van der Waals surface area contributed by atoms with Crippen LogP contribution in [0.25, 0.3) is 0 Å². The number of nitrogens with one attached hydrogen (secondary N) is 1. The van der Waals surface area contributed by atoms with E-state index in [1.807, 2.05) is 30.4 Å². The third kappa shape index (κ3) is 4.88. The lowest BCUT2D eigenvalue weighted by atomic mass is 10.2. The van der Waals surface area contributed by atoms with E-state index in [0.717, 1.165) is 28.9 Å². The molecule has 0 spiro atoms. The van der Waals surface area contributed by atoms with Crippen molar-refractivity contribution in [3.05, 3.63) is 16.6 Å². The molecule has 118 valence electrons. The molecular formula is C15H25N3OS2. The van der Waals surface area contributed by atoms with Crippen molar-refractivity contribution in [3.63, 3.8) is 0 Å². The Bertz CT molecular complexity index is 438. The minimum absolute atomic E-state index is 0.0468. The van der Waals surface area contributed by atoms with Gasteiger partial charge in [-0.05, 0) is 25.0 Å². The Balaban J connectivity index is 1.75. The number of hydrogen-bond acceptors (Lipinski definition) is 4. The molecule has 4 nitrogen and oxygen atoms in total. The highest BCUT2D eigenvalue weighted by atomic mass is 32.2. The molecule has 0 unspecified atom stereocenters. The summed E-state index contributed by atoms with van der Waals surface area (Å²) in [5.41, 5.74) is 0. The molecule has 1 aliphatic carbocycles. The molecule has 1 fully saturated rings. The number of amides is 2. The number of carbonyl (C=O) groups is 1. The number of nitrogens with zero attached hydrogens (tertiary/aromatic N) is 2. The quantitative estimate of drug-likeness (QED) is 0.869. The van der Waals surface area contributed by atoms with E-state index in [2.05, 4.69) is 24.1 Å². The van der Waals surface area contributed by atoms with Crippen LogP contribution < -0.4 is 5.32 Å². The molecule has 0 bridgehead atoms. The second kappa shape index (κ2) is 8.03. The fourth-order valence-corrected chi connectivity index (χ4v) is 4.63. The van der Waals surface area contributed by atoms with Gasteiger partial charge in [0.15, 0.2) is 0 Å². The van der Waals surface area contributed by atoms with E-state index in [1.54, 1.807) is 16.2 Å². The Morgan fingerprint density at radius 2 is 2.43 bits per heavy atom. The number of aromatic nitrogens is 1. The van der Waals surface area contributed by atoms with Crippen molar-refractivity contribution in [2.75, 3.05) is 19.3 Å². The zero-order valence-electron chi connectivity index (χ0n) is 13.0. The van der Waals surface area contributed by atoms with E-state index in [0.29, 0.717) is 12.6 Å². The van der Waals surface area contributed by atoms with Gasteiger partial charge in [-0.15, -0.1) is 11.3 Å². The summed E-state index contributed by atoms with van der Waals surface area (Å²) in [6.45, 7) is 5.02. The van der Waals surface area contributed by atoms with Gasteiger partial charge in [-0.2, -0.15) is 11.8 Å². The maximum absolute atomic E-state index is 12.3. The smallest absolute Gasteiger partial charge is 0.317 e. The van der Waals surface area contributed by atoms with Crippen molar-refractivity contribution >= 4 is 29.1 Å². The minimum Gasteiger partial charge on any atom is -0.335 e. The molecule has 1 aliphatic rings. The zero-order valence-corrected chi connectivity index (χ0v) is 14.7. The first-order valence-electron chi connectivity index (χ1n) is 7.62. The van der Waals surface area contributed by atoms with Crippen LogP contribution in [0.1, 0.15) is 44.0 Å². The van der Waals surface area contributed by atoms with E-state index in [4.69, 9.17) is 0 Å². The Morgan fingerprint density at radius 1 is 1.62 bits per heavy atom. The van der Waals surface area contributed by atoms with Crippen molar-refractivity contribution < 1.29 is 4.79 Å². The van der Waals surface area contributed by atoms with Crippen LogP contribution in [-0.2, 0) is 0 Å². The van der Waals surface area contributed by atoms with Gasteiger partial charge in [-0.3, -0.25) is 0 Å². The lowest BCUT2D eigenvalue weighted by Gasteiger charge is -2.23. The molecule has 1 heterocycles. The monoisotopic (exact) mass is 327 g/mol. The van der Waals surface area contributed by atoms with Gasteiger partial charge in [-0.25, -0.2) is 9.78 Å². The van der Waals surface area contributed by atoms with E-state index in [9.17, 15) is 4.79 Å². The molecule has 6 heteroatoms. The Morgan fingerprint density at radius 3 is 3.10 bits per heavy atom. The summed E-state index contributed by atoms with van der Waals surface area (Å²) < 4.78 is 0. The van der Waals surface area contributed by atoms with E-state index in [-0.39, 0.29) is 11.9 Å². The maximum atomic E-state index is 12.3. The fourth-order valence-electron chi connectivity index (χ4n) is 2.79. The average Bonchev–Trinajstić information content (AvgIpc) is 3.10. The molecular weight excluding hydrogens is 302 g/mol. The minimum atomic E-state index is 0.0468. The summed E-state index contributed by atoms with van der Waals surface area (Å²) in [7, 11) is 1.87. The van der Waals surface area contributed by atoms with Crippen molar-refractivity contribution in [1.82, 2.24) is 15.2 Å². The Labute approximate surface area is 135 Å². The van der Waals surface area contributed by atoms with E-state index in [1.165, 1.54) is 6.42 Å². The van der Waals surface area contributed by atoms with Crippen LogP contribution in [0, 0.1) is 0 Å². The largest absolute Gasteiger partial charge is 0.335 e. The van der Waals surface area contributed by atoms with Gasteiger partial charge in [0.2, 0.25) is 0 Å². The summed E-state index contributed by atoms with van der Waals surface area (Å²) in [5, 5.41) is 6.97. The number of urea groups is 1. The number of likely N-dealkylation sites (N-methyl/N-ethyl adjacent to an activating group) is 1. The molecule has 1 saturated carbocycles. The summed E-state index contributed by atoms with van der Waals surface area (Å²) >= 11 is 3.67. The van der Waals surface area contributed by atoms with Gasteiger partial charge in [0.25, 0.3) is 0 Å². The highest BCUT2D eigenvalue weighted by Gasteiger charge is 2.27. The Hall–Kier alpha value is -0.750. The first kappa shape index (κ1) is 16.6. The van der Waals surface area contributed by atoms with Crippen LogP contribution in [0.2, 0.25) is 0 Å². The number of thioether (sulfide) groups is 1.